The Morgan fingerprint density at radius 1 is 1.16 bits per heavy atom. The van der Waals surface area contributed by atoms with E-state index in [0.717, 1.165) is 10.9 Å². The number of nitrogens with zero attached hydrogens (tertiary/aromatic N) is 1. The van der Waals surface area contributed by atoms with E-state index >= 15 is 0 Å². The van der Waals surface area contributed by atoms with Gasteiger partial charge in [-0.1, -0.05) is 23.8 Å². The molecule has 0 aliphatic rings. The topological polar surface area (TPSA) is 51.8 Å². The number of carbonyl (C=O) groups is 1. The second-order valence-corrected chi connectivity index (χ2v) is 6.40. The Morgan fingerprint density at radius 3 is 2.52 bits per heavy atom. The van der Waals surface area contributed by atoms with Gasteiger partial charge in [0.1, 0.15) is 5.58 Å². The van der Waals surface area contributed by atoms with Gasteiger partial charge < -0.3 is 9.15 Å². The van der Waals surface area contributed by atoms with E-state index in [4.69, 9.17) is 28.2 Å². The van der Waals surface area contributed by atoms with Gasteiger partial charge in [0, 0.05) is 15.3 Å². The minimum absolute atomic E-state index is 0.394. The summed E-state index contributed by atoms with van der Waals surface area (Å²) in [5, 5.41) is 1.48. The Kier molecular flexibility index (Phi) is 4.97. The zero-order valence-corrected chi connectivity index (χ0v) is 15.1. The molecular weight excluding hydrogens is 358 g/mol. The van der Waals surface area contributed by atoms with E-state index in [1.165, 1.54) is 7.11 Å². The van der Waals surface area contributed by atoms with Crippen LogP contribution in [-0.4, -0.2) is 17.9 Å². The summed E-state index contributed by atoms with van der Waals surface area (Å²) in [4.78, 5) is 16.7. The highest BCUT2D eigenvalue weighted by Gasteiger charge is 2.08. The number of carbonyl (C=O) groups excluding carboxylic acids is 1. The standard InChI is InChI=1S/C19H14ClNO3S/c1-11(25)16-10-13-9-14(20)5-8-17(13)24-18(16)21-15-6-3-12(4-7-15)19(22)23-2/h3-10H,1-2H3/b21-18-. The third kappa shape index (κ3) is 3.78. The molecule has 0 saturated heterocycles. The summed E-state index contributed by atoms with van der Waals surface area (Å²) in [6.07, 6.45) is 0. The molecule has 0 fully saturated rings. The fraction of sp³-hybridized carbons (Fsp3) is 0.105. The van der Waals surface area contributed by atoms with Crippen LogP contribution < -0.4 is 5.55 Å². The molecule has 0 unspecified atom stereocenters. The van der Waals surface area contributed by atoms with Gasteiger partial charge in [0.25, 0.3) is 0 Å². The van der Waals surface area contributed by atoms with Crippen LogP contribution in [0.25, 0.3) is 11.0 Å². The Hall–Kier alpha value is -2.50. The van der Waals surface area contributed by atoms with Crippen LogP contribution in [0.5, 0.6) is 0 Å². The molecule has 2 aromatic carbocycles. The van der Waals surface area contributed by atoms with E-state index < -0.39 is 5.97 Å². The minimum Gasteiger partial charge on any atom is -0.465 e. The second kappa shape index (κ2) is 7.17. The molecule has 0 amide bonds. The third-order valence-electron chi connectivity index (χ3n) is 3.61. The van der Waals surface area contributed by atoms with Crippen molar-refractivity contribution in [3.05, 3.63) is 70.2 Å². The molecule has 0 aliphatic heterocycles. The van der Waals surface area contributed by atoms with Gasteiger partial charge in [0.15, 0.2) is 0 Å². The zero-order valence-electron chi connectivity index (χ0n) is 13.6. The number of fused-ring (bicyclic) bond motifs is 1. The van der Waals surface area contributed by atoms with Crippen LogP contribution in [0.1, 0.15) is 22.8 Å². The first-order chi connectivity index (χ1) is 12.0. The van der Waals surface area contributed by atoms with Gasteiger partial charge in [-0.3, -0.25) is 0 Å². The maximum Gasteiger partial charge on any atom is 0.337 e. The molecule has 1 heterocycles. The number of esters is 1. The number of halogens is 1. The highest BCUT2D eigenvalue weighted by atomic mass is 35.5. The van der Waals surface area contributed by atoms with Crippen molar-refractivity contribution in [3.63, 3.8) is 0 Å². The first-order valence-electron chi connectivity index (χ1n) is 7.45. The molecule has 0 saturated carbocycles. The van der Waals surface area contributed by atoms with E-state index in [1.807, 2.05) is 19.1 Å². The van der Waals surface area contributed by atoms with E-state index in [2.05, 4.69) is 9.73 Å². The summed E-state index contributed by atoms with van der Waals surface area (Å²) < 4.78 is 10.6. The molecule has 126 valence electrons. The molecule has 0 atom stereocenters. The average molecular weight is 372 g/mol. The van der Waals surface area contributed by atoms with Crippen molar-refractivity contribution in [3.8, 4) is 0 Å². The van der Waals surface area contributed by atoms with Crippen molar-refractivity contribution >= 4 is 51.3 Å². The molecule has 6 heteroatoms. The lowest BCUT2D eigenvalue weighted by atomic mass is 10.1. The van der Waals surface area contributed by atoms with Gasteiger partial charge in [-0.05, 0) is 55.5 Å². The number of hydrogen-bond acceptors (Lipinski definition) is 5. The number of ether oxygens (including phenoxy) is 1. The van der Waals surface area contributed by atoms with E-state index in [1.54, 1.807) is 36.4 Å². The Labute approximate surface area is 154 Å². The van der Waals surface area contributed by atoms with Crippen molar-refractivity contribution < 1.29 is 13.9 Å². The summed E-state index contributed by atoms with van der Waals surface area (Å²) in [7, 11) is 1.34. The monoisotopic (exact) mass is 371 g/mol. The smallest absolute Gasteiger partial charge is 0.337 e. The minimum atomic E-state index is -0.394. The highest BCUT2D eigenvalue weighted by molar-refractivity contribution is 7.80. The Balaban J connectivity index is 2.14. The lowest BCUT2D eigenvalue weighted by Gasteiger charge is -2.04. The number of hydrogen-bond donors (Lipinski definition) is 0. The van der Waals surface area contributed by atoms with Crippen molar-refractivity contribution in [2.24, 2.45) is 4.99 Å². The maximum atomic E-state index is 11.5. The normalized spacial score (nSPS) is 11.6. The number of benzene rings is 2. The summed E-state index contributed by atoms with van der Waals surface area (Å²) in [6.45, 7) is 1.82. The quantitative estimate of drug-likeness (QED) is 0.375. The molecule has 0 radical (unpaired) electrons. The van der Waals surface area contributed by atoms with Gasteiger partial charge in [-0.2, -0.15) is 0 Å². The average Bonchev–Trinajstić information content (AvgIpc) is 2.61. The van der Waals surface area contributed by atoms with Crippen LogP contribution in [0.15, 0.2) is 57.9 Å². The SMILES string of the molecule is COC(=O)c1ccc(/N=c2\oc3ccc(Cl)cc3cc2C(C)=S)cc1. The molecule has 3 aromatic rings. The van der Waals surface area contributed by atoms with Gasteiger partial charge in [-0.25, -0.2) is 9.79 Å². The second-order valence-electron chi connectivity index (χ2n) is 5.35. The fourth-order valence-corrected chi connectivity index (χ4v) is 2.67. The van der Waals surface area contributed by atoms with Gasteiger partial charge >= 0.3 is 5.97 Å². The summed E-state index contributed by atoms with van der Waals surface area (Å²) >= 11 is 11.4. The van der Waals surface area contributed by atoms with Crippen LogP contribution in [0.2, 0.25) is 5.02 Å². The Bertz CT molecular complexity index is 1040. The highest BCUT2D eigenvalue weighted by Crippen LogP contribution is 2.20. The van der Waals surface area contributed by atoms with Crippen molar-refractivity contribution in [2.45, 2.75) is 6.92 Å². The molecule has 0 aliphatic carbocycles. The van der Waals surface area contributed by atoms with Gasteiger partial charge in [0.2, 0.25) is 5.55 Å². The van der Waals surface area contributed by atoms with Crippen molar-refractivity contribution in [1.82, 2.24) is 0 Å². The van der Waals surface area contributed by atoms with Crippen molar-refractivity contribution in [1.29, 1.82) is 0 Å². The predicted octanol–water partition coefficient (Wildman–Crippen LogP) is 4.84. The molecule has 0 bridgehead atoms. The molecular formula is C19H14ClNO3S. The Morgan fingerprint density at radius 2 is 1.88 bits per heavy atom. The summed E-state index contributed by atoms with van der Waals surface area (Å²) in [6, 6.07) is 14.0. The number of methoxy groups -OCH3 is 1. The lowest BCUT2D eigenvalue weighted by Crippen LogP contribution is -2.12. The van der Waals surface area contributed by atoms with Gasteiger partial charge in [0.05, 0.1) is 23.9 Å². The van der Waals surface area contributed by atoms with Crippen LogP contribution in [0.3, 0.4) is 0 Å². The third-order valence-corrected chi connectivity index (χ3v) is 4.06. The van der Waals surface area contributed by atoms with E-state index in [-0.39, 0.29) is 0 Å². The van der Waals surface area contributed by atoms with E-state index in [9.17, 15) is 4.79 Å². The van der Waals surface area contributed by atoms with Crippen LogP contribution >= 0.6 is 23.8 Å². The van der Waals surface area contributed by atoms with Crippen LogP contribution in [0, 0.1) is 0 Å². The first-order valence-corrected chi connectivity index (χ1v) is 8.24. The fourth-order valence-electron chi connectivity index (χ4n) is 2.34. The molecule has 1 aromatic heterocycles. The summed E-state index contributed by atoms with van der Waals surface area (Å²) in [5.74, 6) is -0.394. The van der Waals surface area contributed by atoms with Crippen molar-refractivity contribution in [2.75, 3.05) is 7.11 Å². The van der Waals surface area contributed by atoms with Crippen LogP contribution in [-0.2, 0) is 4.74 Å². The maximum absolute atomic E-state index is 11.5. The molecule has 0 spiro atoms. The number of thiocarbonyl (C=S) groups is 1. The molecule has 0 N–H and O–H groups in total. The predicted molar refractivity (Wildman–Crippen MR) is 102 cm³/mol. The zero-order chi connectivity index (χ0) is 18.0. The molecule has 3 rings (SSSR count). The largest absolute Gasteiger partial charge is 0.465 e. The molecule has 25 heavy (non-hydrogen) atoms. The first kappa shape index (κ1) is 17.3. The lowest BCUT2D eigenvalue weighted by molar-refractivity contribution is 0.0601. The van der Waals surface area contributed by atoms with Crippen LogP contribution in [0.4, 0.5) is 5.69 Å². The van der Waals surface area contributed by atoms with E-state index in [0.29, 0.717) is 32.3 Å². The summed E-state index contributed by atoms with van der Waals surface area (Å²) in [5.41, 5.74) is 2.89. The number of rotatable bonds is 3. The van der Waals surface area contributed by atoms with Gasteiger partial charge in [-0.15, -0.1) is 0 Å². The molecule has 4 nitrogen and oxygen atoms in total.